The van der Waals surface area contributed by atoms with Crippen LogP contribution in [0.1, 0.15) is 11.1 Å². The van der Waals surface area contributed by atoms with Gasteiger partial charge in [-0.05, 0) is 37.1 Å². The first kappa shape index (κ1) is 13.5. The molecule has 0 bridgehead atoms. The highest BCUT2D eigenvalue weighted by atomic mass is 35.5. The summed E-state index contributed by atoms with van der Waals surface area (Å²) in [5.74, 6) is -0.324. The highest BCUT2D eigenvalue weighted by Gasteiger charge is 2.13. The first-order valence-corrected chi connectivity index (χ1v) is 6.58. The molecule has 0 saturated heterocycles. The minimum Gasteiger partial charge on any atom is -0.296 e. The van der Waals surface area contributed by atoms with Crippen LogP contribution in [0.3, 0.4) is 0 Å². The molecule has 6 nitrogen and oxygen atoms in total. The molecule has 0 aliphatic heterocycles. The van der Waals surface area contributed by atoms with Gasteiger partial charge >= 0.3 is 5.76 Å². The van der Waals surface area contributed by atoms with Crippen LogP contribution in [0.5, 0.6) is 0 Å². The number of halogens is 1. The number of nitrogens with one attached hydrogen (secondary N) is 1. The van der Waals surface area contributed by atoms with Gasteiger partial charge in [-0.1, -0.05) is 16.8 Å². The first-order chi connectivity index (χ1) is 10.0. The van der Waals surface area contributed by atoms with Crippen LogP contribution in [0.25, 0.3) is 22.8 Å². The molecule has 0 aromatic carbocycles. The van der Waals surface area contributed by atoms with E-state index in [1.807, 2.05) is 19.9 Å². The maximum absolute atomic E-state index is 11.1. The van der Waals surface area contributed by atoms with Crippen LogP contribution < -0.4 is 5.76 Å². The normalized spacial score (nSPS) is 10.8. The minimum absolute atomic E-state index is 0.291. The Bertz CT molecular complexity index is 869. The SMILES string of the molecule is Cc1cc(-c2noc(=O)[nH]2)nc(-c2cncc(Cl)c2)c1C. The number of aryl methyl sites for hydroxylation is 1. The predicted molar refractivity (Wildman–Crippen MR) is 78.1 cm³/mol. The van der Waals surface area contributed by atoms with Crippen molar-refractivity contribution in [2.75, 3.05) is 0 Å². The van der Waals surface area contributed by atoms with Gasteiger partial charge in [-0.2, -0.15) is 0 Å². The van der Waals surface area contributed by atoms with Gasteiger partial charge in [0.25, 0.3) is 0 Å². The maximum Gasteiger partial charge on any atom is 0.439 e. The van der Waals surface area contributed by atoms with E-state index in [0.717, 1.165) is 22.4 Å². The third-order valence-corrected chi connectivity index (χ3v) is 3.40. The van der Waals surface area contributed by atoms with Crippen LogP contribution in [-0.2, 0) is 0 Å². The van der Waals surface area contributed by atoms with Gasteiger partial charge in [-0.25, -0.2) is 9.78 Å². The zero-order valence-electron chi connectivity index (χ0n) is 11.3. The zero-order chi connectivity index (χ0) is 15.0. The Balaban J connectivity index is 2.21. The van der Waals surface area contributed by atoms with E-state index in [9.17, 15) is 4.79 Å². The molecule has 0 radical (unpaired) electrons. The standard InChI is InChI=1S/C14H11ClN4O2/c1-7-3-11(13-18-14(20)21-19-13)17-12(8(7)2)9-4-10(15)6-16-5-9/h3-6H,1-2H3,(H,18,19,20). The van der Waals surface area contributed by atoms with Crippen LogP contribution in [-0.4, -0.2) is 20.1 Å². The molecule has 0 spiro atoms. The summed E-state index contributed by atoms with van der Waals surface area (Å²) in [6, 6.07) is 3.63. The summed E-state index contributed by atoms with van der Waals surface area (Å²) in [6.45, 7) is 3.92. The van der Waals surface area contributed by atoms with E-state index in [2.05, 4.69) is 24.6 Å². The Morgan fingerprint density at radius 3 is 2.71 bits per heavy atom. The number of nitrogens with zero attached hydrogens (tertiary/aromatic N) is 3. The van der Waals surface area contributed by atoms with Gasteiger partial charge in [0.1, 0.15) is 5.69 Å². The quantitative estimate of drug-likeness (QED) is 0.786. The van der Waals surface area contributed by atoms with Crippen LogP contribution in [0.15, 0.2) is 33.8 Å². The van der Waals surface area contributed by atoms with Crippen molar-refractivity contribution in [3.05, 3.63) is 51.2 Å². The lowest BCUT2D eigenvalue weighted by molar-refractivity contribution is 0.387. The Morgan fingerprint density at radius 2 is 2.05 bits per heavy atom. The van der Waals surface area contributed by atoms with E-state index in [-0.39, 0.29) is 0 Å². The summed E-state index contributed by atoms with van der Waals surface area (Å²) in [4.78, 5) is 22.2. The molecule has 0 unspecified atom stereocenters. The van der Waals surface area contributed by atoms with Gasteiger partial charge in [0.05, 0.1) is 10.7 Å². The number of rotatable bonds is 2. The summed E-state index contributed by atoms with van der Waals surface area (Å²) in [5, 5.41) is 4.20. The molecule has 3 aromatic rings. The fourth-order valence-electron chi connectivity index (χ4n) is 2.02. The fraction of sp³-hybridized carbons (Fsp3) is 0.143. The lowest BCUT2D eigenvalue weighted by Crippen LogP contribution is -1.99. The summed E-state index contributed by atoms with van der Waals surface area (Å²) in [7, 11) is 0. The van der Waals surface area contributed by atoms with Crippen molar-refractivity contribution < 1.29 is 4.52 Å². The summed E-state index contributed by atoms with van der Waals surface area (Å²) >= 11 is 5.98. The number of H-pyrrole nitrogens is 1. The number of hydrogen-bond donors (Lipinski definition) is 1. The summed E-state index contributed by atoms with van der Waals surface area (Å²) in [6.07, 6.45) is 3.25. The molecule has 3 heterocycles. The second kappa shape index (κ2) is 5.14. The molecule has 0 atom stereocenters. The van der Waals surface area contributed by atoms with Crippen molar-refractivity contribution in [1.29, 1.82) is 0 Å². The van der Waals surface area contributed by atoms with Gasteiger partial charge in [0.15, 0.2) is 0 Å². The Kier molecular flexibility index (Phi) is 3.31. The number of pyridine rings is 2. The number of aromatic nitrogens is 4. The molecule has 106 valence electrons. The molecule has 3 aromatic heterocycles. The highest BCUT2D eigenvalue weighted by Crippen LogP contribution is 2.27. The van der Waals surface area contributed by atoms with E-state index >= 15 is 0 Å². The van der Waals surface area contributed by atoms with Gasteiger partial charge in [-0.15, -0.1) is 0 Å². The van der Waals surface area contributed by atoms with Gasteiger partial charge < -0.3 is 0 Å². The topological polar surface area (TPSA) is 84.7 Å². The second-order valence-electron chi connectivity index (χ2n) is 4.63. The summed E-state index contributed by atoms with van der Waals surface area (Å²) in [5.41, 5.74) is 4.09. The third-order valence-electron chi connectivity index (χ3n) is 3.19. The summed E-state index contributed by atoms with van der Waals surface area (Å²) < 4.78 is 4.52. The molecule has 7 heteroatoms. The second-order valence-corrected chi connectivity index (χ2v) is 5.07. The first-order valence-electron chi connectivity index (χ1n) is 6.20. The van der Waals surface area contributed by atoms with E-state index in [1.54, 1.807) is 18.5 Å². The number of hydrogen-bond acceptors (Lipinski definition) is 5. The van der Waals surface area contributed by atoms with E-state index in [1.165, 1.54) is 0 Å². The molecule has 0 amide bonds. The predicted octanol–water partition coefficient (Wildman–Crippen LogP) is 2.76. The Labute approximate surface area is 124 Å². The average molecular weight is 303 g/mol. The monoisotopic (exact) mass is 302 g/mol. The molecule has 0 saturated carbocycles. The molecule has 21 heavy (non-hydrogen) atoms. The lowest BCUT2D eigenvalue weighted by Gasteiger charge is -2.10. The smallest absolute Gasteiger partial charge is 0.296 e. The number of aromatic amines is 1. The molecular weight excluding hydrogens is 292 g/mol. The lowest BCUT2D eigenvalue weighted by atomic mass is 10.0. The van der Waals surface area contributed by atoms with Gasteiger partial charge in [-0.3, -0.25) is 14.5 Å². The third kappa shape index (κ3) is 2.57. The van der Waals surface area contributed by atoms with Crippen molar-refractivity contribution in [2.45, 2.75) is 13.8 Å². The van der Waals surface area contributed by atoms with Crippen LogP contribution >= 0.6 is 11.6 Å². The van der Waals surface area contributed by atoms with Crippen molar-refractivity contribution >= 4 is 11.6 Å². The minimum atomic E-state index is -0.615. The zero-order valence-corrected chi connectivity index (χ0v) is 12.1. The average Bonchev–Trinajstić information content (AvgIpc) is 2.88. The maximum atomic E-state index is 11.1. The van der Waals surface area contributed by atoms with E-state index in [0.29, 0.717) is 16.5 Å². The fourth-order valence-corrected chi connectivity index (χ4v) is 2.19. The Hall–Kier alpha value is -2.47. The van der Waals surface area contributed by atoms with Gasteiger partial charge in [0.2, 0.25) is 5.82 Å². The molecule has 1 N–H and O–H groups in total. The Morgan fingerprint density at radius 1 is 1.24 bits per heavy atom. The molecule has 0 aliphatic carbocycles. The molecular formula is C14H11ClN4O2. The molecule has 3 rings (SSSR count). The largest absolute Gasteiger partial charge is 0.439 e. The molecule has 0 fully saturated rings. The van der Waals surface area contributed by atoms with Crippen LogP contribution in [0.2, 0.25) is 5.02 Å². The van der Waals surface area contributed by atoms with Crippen LogP contribution in [0.4, 0.5) is 0 Å². The van der Waals surface area contributed by atoms with Crippen molar-refractivity contribution in [1.82, 2.24) is 20.1 Å². The van der Waals surface area contributed by atoms with E-state index in [4.69, 9.17) is 11.6 Å². The van der Waals surface area contributed by atoms with Gasteiger partial charge in [0, 0.05) is 18.0 Å². The van der Waals surface area contributed by atoms with Crippen molar-refractivity contribution in [2.24, 2.45) is 0 Å². The van der Waals surface area contributed by atoms with Crippen molar-refractivity contribution in [3.8, 4) is 22.8 Å². The van der Waals surface area contributed by atoms with E-state index < -0.39 is 5.76 Å². The van der Waals surface area contributed by atoms with Crippen LogP contribution in [0, 0.1) is 13.8 Å². The molecule has 0 aliphatic rings. The highest BCUT2D eigenvalue weighted by molar-refractivity contribution is 6.30. The van der Waals surface area contributed by atoms with Crippen molar-refractivity contribution in [3.63, 3.8) is 0 Å².